The zero-order valence-corrected chi connectivity index (χ0v) is 19.1. The Labute approximate surface area is 190 Å². The standard InChI is InChI=1S/C24H37N3O5/c1-2-3-4-5-6-10-15-25-22(29)20(17-28)26-23(30)21-14-11-16-27(21)24(31)32-18-19-12-8-7-9-13-19/h7-9,12-13,20-21,28H,2-6,10-11,14-18H2,1H3,(H,25,29)(H,26,30)/t20?,21-/m0/s1. The summed E-state index contributed by atoms with van der Waals surface area (Å²) >= 11 is 0. The molecule has 3 N–H and O–H groups in total. The first kappa shape index (κ1) is 25.6. The third-order valence-electron chi connectivity index (χ3n) is 5.64. The summed E-state index contributed by atoms with van der Waals surface area (Å²) < 4.78 is 5.35. The molecule has 0 saturated carbocycles. The van der Waals surface area contributed by atoms with Gasteiger partial charge in [0.15, 0.2) is 0 Å². The molecule has 1 fully saturated rings. The van der Waals surface area contributed by atoms with Crippen LogP contribution < -0.4 is 10.6 Å². The number of aliphatic hydroxyl groups is 1. The summed E-state index contributed by atoms with van der Waals surface area (Å²) in [6.45, 7) is 2.73. The van der Waals surface area contributed by atoms with Crippen molar-refractivity contribution in [1.82, 2.24) is 15.5 Å². The number of carbonyl (C=O) groups is 3. The molecule has 2 atom stereocenters. The second-order valence-electron chi connectivity index (χ2n) is 8.19. The van der Waals surface area contributed by atoms with Crippen LogP contribution in [0.2, 0.25) is 0 Å². The molecule has 1 aromatic carbocycles. The van der Waals surface area contributed by atoms with Crippen LogP contribution in [-0.2, 0) is 20.9 Å². The summed E-state index contributed by atoms with van der Waals surface area (Å²) in [6, 6.07) is 7.58. The van der Waals surface area contributed by atoms with Crippen molar-refractivity contribution in [2.75, 3.05) is 19.7 Å². The highest BCUT2D eigenvalue weighted by Crippen LogP contribution is 2.19. The Hall–Kier alpha value is -2.61. The zero-order valence-electron chi connectivity index (χ0n) is 19.1. The SMILES string of the molecule is CCCCCCCCNC(=O)C(CO)NC(=O)[C@@H]1CCCN1C(=O)OCc1ccccc1. The lowest BCUT2D eigenvalue weighted by atomic mass is 10.1. The molecular weight excluding hydrogens is 410 g/mol. The fraction of sp³-hybridized carbons (Fsp3) is 0.625. The van der Waals surface area contributed by atoms with Crippen LogP contribution in [0.4, 0.5) is 4.79 Å². The highest BCUT2D eigenvalue weighted by atomic mass is 16.6. The van der Waals surface area contributed by atoms with Crippen molar-refractivity contribution in [2.45, 2.75) is 77.0 Å². The Kier molecular flexibility index (Phi) is 11.6. The summed E-state index contributed by atoms with van der Waals surface area (Å²) in [5.74, 6) is -0.862. The largest absolute Gasteiger partial charge is 0.445 e. The van der Waals surface area contributed by atoms with E-state index in [9.17, 15) is 19.5 Å². The lowest BCUT2D eigenvalue weighted by Crippen LogP contribution is -2.54. The third kappa shape index (κ3) is 8.49. The van der Waals surface area contributed by atoms with Gasteiger partial charge in [0, 0.05) is 13.1 Å². The maximum absolute atomic E-state index is 12.7. The van der Waals surface area contributed by atoms with E-state index < -0.39 is 36.6 Å². The van der Waals surface area contributed by atoms with Gasteiger partial charge >= 0.3 is 6.09 Å². The van der Waals surface area contributed by atoms with Crippen molar-refractivity contribution in [3.63, 3.8) is 0 Å². The predicted molar refractivity (Wildman–Crippen MR) is 122 cm³/mol. The second-order valence-corrected chi connectivity index (χ2v) is 8.19. The normalized spacial score (nSPS) is 16.4. The number of carbonyl (C=O) groups excluding carboxylic acids is 3. The van der Waals surface area contributed by atoms with E-state index in [1.54, 1.807) is 0 Å². The first-order valence-corrected chi connectivity index (χ1v) is 11.7. The first-order chi connectivity index (χ1) is 15.6. The molecule has 8 nitrogen and oxygen atoms in total. The number of ether oxygens (including phenoxy) is 1. The molecule has 2 rings (SSSR count). The Morgan fingerprint density at radius 1 is 1.12 bits per heavy atom. The second kappa shape index (κ2) is 14.5. The average molecular weight is 448 g/mol. The van der Waals surface area contributed by atoms with Crippen molar-refractivity contribution >= 4 is 17.9 Å². The topological polar surface area (TPSA) is 108 Å². The van der Waals surface area contributed by atoms with Gasteiger partial charge in [-0.3, -0.25) is 14.5 Å². The number of rotatable bonds is 13. The van der Waals surface area contributed by atoms with Gasteiger partial charge in [-0.25, -0.2) is 4.79 Å². The van der Waals surface area contributed by atoms with Crippen LogP contribution in [-0.4, -0.2) is 59.7 Å². The molecule has 1 heterocycles. The van der Waals surface area contributed by atoms with E-state index in [2.05, 4.69) is 17.6 Å². The minimum absolute atomic E-state index is 0.130. The molecule has 3 amide bonds. The van der Waals surface area contributed by atoms with Crippen molar-refractivity contribution in [3.8, 4) is 0 Å². The number of unbranched alkanes of at least 4 members (excludes halogenated alkanes) is 5. The van der Waals surface area contributed by atoms with Gasteiger partial charge in [0.2, 0.25) is 11.8 Å². The maximum atomic E-state index is 12.7. The van der Waals surface area contributed by atoms with E-state index in [0.717, 1.165) is 24.8 Å². The summed E-state index contributed by atoms with van der Waals surface area (Å²) in [7, 11) is 0. The quantitative estimate of drug-likeness (QED) is 0.403. The molecule has 32 heavy (non-hydrogen) atoms. The molecular formula is C24H37N3O5. The maximum Gasteiger partial charge on any atom is 0.410 e. The minimum Gasteiger partial charge on any atom is -0.445 e. The van der Waals surface area contributed by atoms with E-state index >= 15 is 0 Å². The highest BCUT2D eigenvalue weighted by Gasteiger charge is 2.36. The third-order valence-corrected chi connectivity index (χ3v) is 5.64. The van der Waals surface area contributed by atoms with Crippen LogP contribution in [0.15, 0.2) is 30.3 Å². The van der Waals surface area contributed by atoms with E-state index in [-0.39, 0.29) is 6.61 Å². The van der Waals surface area contributed by atoms with E-state index in [1.807, 2.05) is 30.3 Å². The van der Waals surface area contributed by atoms with Crippen LogP contribution in [0.1, 0.15) is 63.9 Å². The van der Waals surface area contributed by atoms with Crippen LogP contribution in [0, 0.1) is 0 Å². The molecule has 8 heteroatoms. The monoisotopic (exact) mass is 447 g/mol. The van der Waals surface area contributed by atoms with Crippen molar-refractivity contribution in [3.05, 3.63) is 35.9 Å². The number of hydrogen-bond donors (Lipinski definition) is 3. The summed E-state index contributed by atoms with van der Waals surface area (Å²) in [4.78, 5) is 39.0. The molecule has 0 bridgehead atoms. The zero-order chi connectivity index (χ0) is 23.2. The number of nitrogens with zero attached hydrogens (tertiary/aromatic N) is 1. The molecule has 1 aromatic rings. The number of likely N-dealkylation sites (tertiary alicyclic amines) is 1. The van der Waals surface area contributed by atoms with Gasteiger partial charge in [-0.1, -0.05) is 69.4 Å². The van der Waals surface area contributed by atoms with Gasteiger partial charge in [0.05, 0.1) is 6.61 Å². The molecule has 0 spiro atoms. The molecule has 0 aromatic heterocycles. The van der Waals surface area contributed by atoms with E-state index in [4.69, 9.17) is 4.74 Å². The number of hydrogen-bond acceptors (Lipinski definition) is 5. The van der Waals surface area contributed by atoms with Crippen LogP contribution >= 0.6 is 0 Å². The van der Waals surface area contributed by atoms with Crippen LogP contribution in [0.5, 0.6) is 0 Å². The summed E-state index contributed by atoms with van der Waals surface area (Å²) in [6.07, 6.45) is 7.27. The van der Waals surface area contributed by atoms with Gasteiger partial charge in [0.1, 0.15) is 18.7 Å². The summed E-state index contributed by atoms with van der Waals surface area (Å²) in [5.41, 5.74) is 0.864. The molecule has 0 aliphatic carbocycles. The molecule has 1 unspecified atom stereocenters. The van der Waals surface area contributed by atoms with E-state index in [0.29, 0.717) is 25.9 Å². The molecule has 0 radical (unpaired) electrons. The summed E-state index contributed by atoms with van der Waals surface area (Å²) in [5, 5.41) is 15.0. The van der Waals surface area contributed by atoms with Gasteiger partial charge in [-0.15, -0.1) is 0 Å². The Morgan fingerprint density at radius 2 is 1.84 bits per heavy atom. The van der Waals surface area contributed by atoms with Gasteiger partial charge < -0.3 is 20.5 Å². The van der Waals surface area contributed by atoms with Gasteiger partial charge in [-0.2, -0.15) is 0 Å². The fourth-order valence-electron chi connectivity index (χ4n) is 3.76. The highest BCUT2D eigenvalue weighted by molar-refractivity contribution is 5.91. The molecule has 1 saturated heterocycles. The van der Waals surface area contributed by atoms with Gasteiger partial charge in [0.25, 0.3) is 0 Å². The van der Waals surface area contributed by atoms with Crippen LogP contribution in [0.3, 0.4) is 0 Å². The Balaban J connectivity index is 1.76. The minimum atomic E-state index is -1.04. The van der Waals surface area contributed by atoms with Crippen molar-refractivity contribution in [2.24, 2.45) is 0 Å². The number of nitrogens with one attached hydrogen (secondary N) is 2. The van der Waals surface area contributed by atoms with Crippen molar-refractivity contribution in [1.29, 1.82) is 0 Å². The van der Waals surface area contributed by atoms with Crippen molar-refractivity contribution < 1.29 is 24.2 Å². The smallest absolute Gasteiger partial charge is 0.410 e. The first-order valence-electron chi connectivity index (χ1n) is 11.7. The van der Waals surface area contributed by atoms with E-state index in [1.165, 1.54) is 24.2 Å². The average Bonchev–Trinajstić information content (AvgIpc) is 3.31. The van der Waals surface area contributed by atoms with Crippen LogP contribution in [0.25, 0.3) is 0 Å². The molecule has 178 valence electrons. The number of aliphatic hydroxyl groups excluding tert-OH is 1. The Morgan fingerprint density at radius 3 is 2.56 bits per heavy atom. The lowest BCUT2D eigenvalue weighted by molar-refractivity contribution is -0.132. The molecule has 1 aliphatic rings. The number of benzene rings is 1. The predicted octanol–water partition coefficient (Wildman–Crippen LogP) is 2.74. The van der Waals surface area contributed by atoms with Gasteiger partial charge in [-0.05, 0) is 24.8 Å². The lowest BCUT2D eigenvalue weighted by Gasteiger charge is -2.25. The Bertz CT molecular complexity index is 713. The number of amides is 3. The molecule has 1 aliphatic heterocycles. The fourth-order valence-corrected chi connectivity index (χ4v) is 3.76.